The fraction of sp³-hybridized carbons (Fsp3) is 0.294. The van der Waals surface area contributed by atoms with Crippen molar-refractivity contribution in [1.82, 2.24) is 0 Å². The highest BCUT2D eigenvalue weighted by molar-refractivity contribution is 6.21. The van der Waals surface area contributed by atoms with Crippen LogP contribution >= 0.6 is 11.6 Å². The molecule has 0 radical (unpaired) electrons. The second kappa shape index (κ2) is 5.92. The molecule has 0 aromatic heterocycles. The van der Waals surface area contributed by atoms with Gasteiger partial charge >= 0.3 is 0 Å². The first-order valence-corrected chi connectivity index (χ1v) is 6.98. The summed E-state index contributed by atoms with van der Waals surface area (Å²) in [6.45, 7) is 5.62. The van der Waals surface area contributed by atoms with Crippen LogP contribution in [-0.4, -0.2) is 0 Å². The van der Waals surface area contributed by atoms with Crippen LogP contribution in [0.4, 0.5) is 8.78 Å². The molecule has 1 unspecified atom stereocenters. The monoisotopic (exact) mass is 294 g/mol. The molecule has 0 bridgehead atoms. The largest absolute Gasteiger partial charge is 0.207 e. The first kappa shape index (κ1) is 15.0. The quantitative estimate of drug-likeness (QED) is 0.664. The van der Waals surface area contributed by atoms with Gasteiger partial charge in [-0.05, 0) is 49.9 Å². The predicted molar refractivity (Wildman–Crippen MR) is 79.3 cm³/mol. The first-order chi connectivity index (χ1) is 9.38. The molecule has 0 heterocycles. The van der Waals surface area contributed by atoms with Gasteiger partial charge in [-0.25, -0.2) is 8.78 Å². The van der Waals surface area contributed by atoms with Gasteiger partial charge in [0.15, 0.2) is 0 Å². The number of alkyl halides is 1. The molecule has 0 aliphatic heterocycles. The maximum absolute atomic E-state index is 13.8. The van der Waals surface area contributed by atoms with Crippen LogP contribution in [0.15, 0.2) is 30.3 Å². The van der Waals surface area contributed by atoms with E-state index < -0.39 is 17.0 Å². The molecule has 20 heavy (non-hydrogen) atoms. The van der Waals surface area contributed by atoms with E-state index in [1.807, 2.05) is 26.0 Å². The molecule has 2 aromatic carbocycles. The standard InChI is InChI=1S/C17H17ClF2/c1-10-4-5-11(2)13(6-10)8-15(18)14-7-12(3)16(19)9-17(14)20/h4-7,9,15H,8H2,1-3H3. The second-order valence-electron chi connectivity index (χ2n) is 5.22. The maximum atomic E-state index is 13.8. The molecule has 1 atom stereocenters. The molecule has 106 valence electrons. The SMILES string of the molecule is Cc1ccc(C)c(CC(Cl)c2cc(C)c(F)cc2F)c1. The lowest BCUT2D eigenvalue weighted by atomic mass is 9.97. The number of halogens is 3. The van der Waals surface area contributed by atoms with Crippen LogP contribution < -0.4 is 0 Å². The summed E-state index contributed by atoms with van der Waals surface area (Å²) in [6, 6.07) is 8.51. The van der Waals surface area contributed by atoms with Crippen LogP contribution in [-0.2, 0) is 6.42 Å². The van der Waals surface area contributed by atoms with Gasteiger partial charge < -0.3 is 0 Å². The summed E-state index contributed by atoms with van der Waals surface area (Å²) >= 11 is 6.33. The highest BCUT2D eigenvalue weighted by Crippen LogP contribution is 2.30. The third-order valence-corrected chi connectivity index (χ3v) is 3.91. The molecule has 0 saturated carbocycles. The zero-order chi connectivity index (χ0) is 14.9. The van der Waals surface area contributed by atoms with Gasteiger partial charge in [-0.1, -0.05) is 23.8 Å². The average molecular weight is 295 g/mol. The Morgan fingerprint density at radius 2 is 1.65 bits per heavy atom. The van der Waals surface area contributed by atoms with Gasteiger partial charge in [-0.3, -0.25) is 0 Å². The van der Waals surface area contributed by atoms with E-state index in [1.54, 1.807) is 6.92 Å². The van der Waals surface area contributed by atoms with E-state index >= 15 is 0 Å². The zero-order valence-electron chi connectivity index (χ0n) is 11.8. The van der Waals surface area contributed by atoms with E-state index in [-0.39, 0.29) is 0 Å². The van der Waals surface area contributed by atoms with Gasteiger partial charge in [0, 0.05) is 11.6 Å². The van der Waals surface area contributed by atoms with Gasteiger partial charge in [0.25, 0.3) is 0 Å². The Balaban J connectivity index is 2.30. The van der Waals surface area contributed by atoms with Gasteiger partial charge in [0.05, 0.1) is 5.38 Å². The third-order valence-electron chi connectivity index (χ3n) is 3.52. The minimum absolute atomic E-state index is 0.353. The van der Waals surface area contributed by atoms with E-state index in [2.05, 4.69) is 6.07 Å². The minimum atomic E-state index is -0.585. The van der Waals surface area contributed by atoms with E-state index in [0.717, 1.165) is 22.8 Å². The Bertz CT molecular complexity index is 635. The van der Waals surface area contributed by atoms with Crippen LogP contribution in [0.25, 0.3) is 0 Å². The second-order valence-corrected chi connectivity index (χ2v) is 5.75. The summed E-state index contributed by atoms with van der Waals surface area (Å²) in [6.07, 6.45) is 0.525. The Morgan fingerprint density at radius 1 is 0.950 bits per heavy atom. The molecule has 0 aliphatic carbocycles. The van der Waals surface area contributed by atoms with Gasteiger partial charge in [0.1, 0.15) is 11.6 Å². The van der Waals surface area contributed by atoms with Crippen molar-refractivity contribution in [2.45, 2.75) is 32.6 Å². The van der Waals surface area contributed by atoms with E-state index in [9.17, 15) is 8.78 Å². The molecule has 0 fully saturated rings. The Kier molecular flexibility index (Phi) is 4.44. The first-order valence-electron chi connectivity index (χ1n) is 6.54. The van der Waals surface area contributed by atoms with E-state index in [4.69, 9.17) is 11.6 Å². The molecular formula is C17H17ClF2. The molecule has 0 saturated heterocycles. The fourth-order valence-corrected chi connectivity index (χ4v) is 2.58. The molecule has 0 N–H and O–H groups in total. The van der Waals surface area contributed by atoms with Crippen LogP contribution in [0.2, 0.25) is 0 Å². The molecule has 3 heteroatoms. The van der Waals surface area contributed by atoms with Crippen molar-refractivity contribution >= 4 is 11.6 Å². The van der Waals surface area contributed by atoms with Crippen molar-refractivity contribution in [3.8, 4) is 0 Å². The van der Waals surface area contributed by atoms with Gasteiger partial charge in [-0.15, -0.1) is 11.6 Å². The van der Waals surface area contributed by atoms with Crippen LogP contribution in [0.5, 0.6) is 0 Å². The molecular weight excluding hydrogens is 278 g/mol. The lowest BCUT2D eigenvalue weighted by Crippen LogP contribution is -2.03. The summed E-state index contributed by atoms with van der Waals surface area (Å²) in [5.41, 5.74) is 4.12. The van der Waals surface area contributed by atoms with Crippen LogP contribution in [0, 0.1) is 32.4 Å². The molecule has 0 aliphatic rings. The van der Waals surface area contributed by atoms with Crippen molar-refractivity contribution in [3.05, 3.63) is 69.8 Å². The molecule has 2 rings (SSSR count). The highest BCUT2D eigenvalue weighted by atomic mass is 35.5. The summed E-state index contributed by atoms with van der Waals surface area (Å²) in [7, 11) is 0. The fourth-order valence-electron chi connectivity index (χ4n) is 2.24. The molecule has 2 aromatic rings. The van der Waals surface area contributed by atoms with Crippen molar-refractivity contribution in [2.75, 3.05) is 0 Å². The Hall–Kier alpha value is -1.41. The number of rotatable bonds is 3. The van der Waals surface area contributed by atoms with Crippen LogP contribution in [0.1, 0.15) is 33.2 Å². The predicted octanol–water partition coefficient (Wildman–Crippen LogP) is 5.41. The van der Waals surface area contributed by atoms with E-state index in [1.165, 1.54) is 6.07 Å². The number of hydrogen-bond donors (Lipinski definition) is 0. The summed E-state index contributed by atoms with van der Waals surface area (Å²) in [4.78, 5) is 0. The number of aryl methyl sites for hydroxylation is 3. The van der Waals surface area contributed by atoms with Crippen LogP contribution in [0.3, 0.4) is 0 Å². The van der Waals surface area contributed by atoms with Crippen molar-refractivity contribution in [3.63, 3.8) is 0 Å². The minimum Gasteiger partial charge on any atom is -0.207 e. The normalized spacial score (nSPS) is 12.5. The Morgan fingerprint density at radius 3 is 2.35 bits per heavy atom. The smallest absolute Gasteiger partial charge is 0.130 e. The highest BCUT2D eigenvalue weighted by Gasteiger charge is 2.17. The van der Waals surface area contributed by atoms with Crippen molar-refractivity contribution in [1.29, 1.82) is 0 Å². The van der Waals surface area contributed by atoms with E-state index in [0.29, 0.717) is 17.5 Å². The molecule has 0 nitrogen and oxygen atoms in total. The van der Waals surface area contributed by atoms with Crippen molar-refractivity contribution < 1.29 is 8.78 Å². The lowest BCUT2D eigenvalue weighted by molar-refractivity contribution is 0.564. The van der Waals surface area contributed by atoms with Crippen molar-refractivity contribution in [2.24, 2.45) is 0 Å². The lowest BCUT2D eigenvalue weighted by Gasteiger charge is -2.14. The topological polar surface area (TPSA) is 0 Å². The number of hydrogen-bond acceptors (Lipinski definition) is 0. The Labute approximate surface area is 123 Å². The summed E-state index contributed by atoms with van der Waals surface area (Å²) in [5, 5.41) is -0.505. The maximum Gasteiger partial charge on any atom is 0.130 e. The molecule has 0 spiro atoms. The van der Waals surface area contributed by atoms with Gasteiger partial charge in [0.2, 0.25) is 0 Å². The number of benzene rings is 2. The summed E-state index contributed by atoms with van der Waals surface area (Å²) < 4.78 is 27.1. The zero-order valence-corrected chi connectivity index (χ0v) is 12.6. The summed E-state index contributed by atoms with van der Waals surface area (Å²) in [5.74, 6) is -1.12. The molecule has 0 amide bonds. The van der Waals surface area contributed by atoms with Gasteiger partial charge in [-0.2, -0.15) is 0 Å². The third kappa shape index (κ3) is 3.18. The average Bonchev–Trinajstić information content (AvgIpc) is 2.38.